The zero-order valence-electron chi connectivity index (χ0n) is 21.5. The molecule has 0 spiro atoms. The predicted molar refractivity (Wildman–Crippen MR) is 130 cm³/mol. The van der Waals surface area contributed by atoms with E-state index in [2.05, 4.69) is 17.6 Å². The number of alkyl carbamates (subject to hydrolysis) is 1. The van der Waals surface area contributed by atoms with E-state index in [4.69, 9.17) is 4.74 Å². The number of rotatable bonds is 7. The first-order valence-electron chi connectivity index (χ1n) is 11.9. The van der Waals surface area contributed by atoms with E-state index in [9.17, 15) is 14.4 Å². The number of ether oxygens (including phenoxy) is 1. The first-order valence-corrected chi connectivity index (χ1v) is 11.9. The maximum Gasteiger partial charge on any atom is 0.408 e. The second-order valence-corrected chi connectivity index (χ2v) is 10.9. The maximum absolute atomic E-state index is 13.7. The molecule has 7 nitrogen and oxygen atoms in total. The fraction of sp³-hybridized carbons (Fsp3) is 0.654. The summed E-state index contributed by atoms with van der Waals surface area (Å²) in [6.07, 6.45) is 2.90. The van der Waals surface area contributed by atoms with Gasteiger partial charge < -0.3 is 20.3 Å². The van der Waals surface area contributed by atoms with Crippen LogP contribution in [0, 0.1) is 0 Å². The van der Waals surface area contributed by atoms with Crippen LogP contribution < -0.4 is 10.6 Å². The van der Waals surface area contributed by atoms with E-state index in [-0.39, 0.29) is 17.9 Å². The zero-order chi connectivity index (χ0) is 25.0. The highest BCUT2D eigenvalue weighted by atomic mass is 16.6. The van der Waals surface area contributed by atoms with Gasteiger partial charge in [0.2, 0.25) is 11.8 Å². The van der Waals surface area contributed by atoms with Crippen LogP contribution in [0.15, 0.2) is 24.3 Å². The summed E-state index contributed by atoms with van der Waals surface area (Å²) in [6.45, 7) is 14.8. The first kappa shape index (κ1) is 26.7. The Kier molecular flexibility index (Phi) is 8.55. The SMILES string of the molecule is CCc1ccc(C(C(=O)NC(C)(C)C)N(C(=O)C(C)NC(=O)OC(C)(C)C)C2CCC2)cc1. The molecule has 0 heterocycles. The van der Waals surface area contributed by atoms with Crippen molar-refractivity contribution in [1.82, 2.24) is 15.5 Å². The van der Waals surface area contributed by atoms with Gasteiger partial charge in [-0.15, -0.1) is 0 Å². The molecule has 0 saturated heterocycles. The van der Waals surface area contributed by atoms with Crippen molar-refractivity contribution in [3.8, 4) is 0 Å². The van der Waals surface area contributed by atoms with Crippen LogP contribution in [-0.2, 0) is 20.7 Å². The molecule has 0 aromatic heterocycles. The zero-order valence-corrected chi connectivity index (χ0v) is 21.5. The highest BCUT2D eigenvalue weighted by molar-refractivity contribution is 5.92. The molecule has 0 aliphatic heterocycles. The molecule has 2 N–H and O–H groups in total. The highest BCUT2D eigenvalue weighted by Crippen LogP contribution is 2.34. The third kappa shape index (κ3) is 7.76. The summed E-state index contributed by atoms with van der Waals surface area (Å²) in [6, 6.07) is 6.18. The molecule has 7 heteroatoms. The van der Waals surface area contributed by atoms with E-state index in [1.54, 1.807) is 32.6 Å². The smallest absolute Gasteiger partial charge is 0.408 e. The summed E-state index contributed by atoms with van der Waals surface area (Å²) in [5.74, 6) is -0.518. The van der Waals surface area contributed by atoms with E-state index in [0.717, 1.165) is 36.8 Å². The number of nitrogens with one attached hydrogen (secondary N) is 2. The van der Waals surface area contributed by atoms with Crippen molar-refractivity contribution < 1.29 is 19.1 Å². The Morgan fingerprint density at radius 3 is 2.06 bits per heavy atom. The molecule has 0 radical (unpaired) electrons. The van der Waals surface area contributed by atoms with Crippen LogP contribution in [-0.4, -0.2) is 46.0 Å². The molecule has 0 bridgehead atoms. The van der Waals surface area contributed by atoms with Gasteiger partial charge >= 0.3 is 6.09 Å². The average Bonchev–Trinajstić information content (AvgIpc) is 2.62. The van der Waals surface area contributed by atoms with Crippen molar-refractivity contribution in [1.29, 1.82) is 0 Å². The largest absolute Gasteiger partial charge is 0.444 e. The molecule has 2 unspecified atom stereocenters. The van der Waals surface area contributed by atoms with Gasteiger partial charge in [-0.3, -0.25) is 9.59 Å². The fourth-order valence-electron chi connectivity index (χ4n) is 3.76. The van der Waals surface area contributed by atoms with Gasteiger partial charge in [0.05, 0.1) is 0 Å². The van der Waals surface area contributed by atoms with Crippen molar-refractivity contribution in [2.75, 3.05) is 0 Å². The van der Waals surface area contributed by atoms with Crippen molar-refractivity contribution in [3.05, 3.63) is 35.4 Å². The molecule has 1 aromatic rings. The number of nitrogens with zero attached hydrogens (tertiary/aromatic N) is 1. The van der Waals surface area contributed by atoms with Crippen LogP contribution in [0.2, 0.25) is 0 Å². The molecular formula is C26H41N3O4. The van der Waals surface area contributed by atoms with Crippen molar-refractivity contribution in [2.24, 2.45) is 0 Å². The number of hydrogen-bond acceptors (Lipinski definition) is 4. The molecule has 1 aliphatic rings. The van der Waals surface area contributed by atoms with Gasteiger partial charge in [0.15, 0.2) is 0 Å². The van der Waals surface area contributed by atoms with Crippen molar-refractivity contribution in [2.45, 2.75) is 110 Å². The lowest BCUT2D eigenvalue weighted by Gasteiger charge is -2.44. The summed E-state index contributed by atoms with van der Waals surface area (Å²) in [7, 11) is 0. The topological polar surface area (TPSA) is 87.7 Å². The predicted octanol–water partition coefficient (Wildman–Crippen LogP) is 4.50. The van der Waals surface area contributed by atoms with Gasteiger partial charge in [0, 0.05) is 11.6 Å². The molecule has 33 heavy (non-hydrogen) atoms. The summed E-state index contributed by atoms with van der Waals surface area (Å²) in [5.41, 5.74) is 0.804. The normalized spacial score (nSPS) is 16.2. The molecule has 1 fully saturated rings. The van der Waals surface area contributed by atoms with Gasteiger partial charge in [-0.05, 0) is 85.3 Å². The number of aryl methyl sites for hydroxylation is 1. The Balaban J connectivity index is 2.39. The minimum Gasteiger partial charge on any atom is -0.444 e. The lowest BCUT2D eigenvalue weighted by Crippen LogP contribution is -2.58. The van der Waals surface area contributed by atoms with E-state index in [0.29, 0.717) is 0 Å². The Labute approximate surface area is 198 Å². The summed E-state index contributed by atoms with van der Waals surface area (Å²) in [4.78, 5) is 41.2. The average molecular weight is 460 g/mol. The van der Waals surface area contributed by atoms with Gasteiger partial charge in [0.1, 0.15) is 17.7 Å². The second-order valence-electron chi connectivity index (χ2n) is 10.9. The Hall–Kier alpha value is -2.57. The monoisotopic (exact) mass is 459 g/mol. The molecule has 2 atom stereocenters. The number of carbonyl (C=O) groups excluding carboxylic acids is 3. The third-order valence-electron chi connectivity index (χ3n) is 5.55. The standard InChI is InChI=1S/C26H41N3O4/c1-9-18-13-15-19(16-14-18)21(22(30)28-25(3,4)5)29(20-11-10-12-20)23(31)17(2)27-24(32)33-26(6,7)8/h13-17,20-21H,9-12H2,1-8H3,(H,27,32)(H,28,30). The third-order valence-corrected chi connectivity index (χ3v) is 5.55. The molecule has 184 valence electrons. The van der Waals surface area contributed by atoms with Gasteiger partial charge in [-0.1, -0.05) is 31.2 Å². The fourth-order valence-corrected chi connectivity index (χ4v) is 3.76. The summed E-state index contributed by atoms with van der Waals surface area (Å²) >= 11 is 0. The van der Waals surface area contributed by atoms with E-state index < -0.39 is 29.3 Å². The molecule has 1 aromatic carbocycles. The molecule has 3 amide bonds. The van der Waals surface area contributed by atoms with Crippen molar-refractivity contribution in [3.63, 3.8) is 0 Å². The highest BCUT2D eigenvalue weighted by Gasteiger charge is 2.41. The van der Waals surface area contributed by atoms with E-state index in [1.807, 2.05) is 45.0 Å². The summed E-state index contributed by atoms with van der Waals surface area (Å²) in [5, 5.41) is 5.70. The minimum absolute atomic E-state index is 0.0537. The molecule has 1 aliphatic carbocycles. The van der Waals surface area contributed by atoms with Gasteiger partial charge in [-0.2, -0.15) is 0 Å². The van der Waals surface area contributed by atoms with Crippen LogP contribution in [0.25, 0.3) is 0 Å². The molecular weight excluding hydrogens is 418 g/mol. The maximum atomic E-state index is 13.7. The Morgan fingerprint density at radius 2 is 1.64 bits per heavy atom. The second kappa shape index (κ2) is 10.6. The lowest BCUT2D eigenvalue weighted by atomic mass is 9.87. The van der Waals surface area contributed by atoms with E-state index in [1.165, 1.54) is 0 Å². The number of amides is 3. The van der Waals surface area contributed by atoms with Crippen LogP contribution >= 0.6 is 0 Å². The van der Waals surface area contributed by atoms with Crippen LogP contribution in [0.1, 0.15) is 91.8 Å². The Morgan fingerprint density at radius 1 is 1.06 bits per heavy atom. The van der Waals surface area contributed by atoms with Crippen LogP contribution in [0.5, 0.6) is 0 Å². The van der Waals surface area contributed by atoms with Crippen LogP contribution in [0.4, 0.5) is 4.79 Å². The number of benzene rings is 1. The molecule has 1 saturated carbocycles. The van der Waals surface area contributed by atoms with Gasteiger partial charge in [-0.25, -0.2) is 4.79 Å². The quantitative estimate of drug-likeness (QED) is 0.628. The molecule has 2 rings (SSSR count). The van der Waals surface area contributed by atoms with Crippen LogP contribution in [0.3, 0.4) is 0 Å². The number of carbonyl (C=O) groups is 3. The lowest BCUT2D eigenvalue weighted by molar-refractivity contribution is -0.147. The van der Waals surface area contributed by atoms with E-state index >= 15 is 0 Å². The Bertz CT molecular complexity index is 833. The van der Waals surface area contributed by atoms with Crippen molar-refractivity contribution >= 4 is 17.9 Å². The van der Waals surface area contributed by atoms with Gasteiger partial charge in [0.25, 0.3) is 0 Å². The first-order chi connectivity index (χ1) is 15.2. The summed E-state index contributed by atoms with van der Waals surface area (Å²) < 4.78 is 5.32. The number of hydrogen-bond donors (Lipinski definition) is 2. The minimum atomic E-state index is -0.833.